The maximum Gasteiger partial charge on any atom is 0.433 e. The van der Waals surface area contributed by atoms with Crippen LogP contribution in [0.25, 0.3) is 11.1 Å². The van der Waals surface area contributed by atoms with E-state index in [0.717, 1.165) is 47.4 Å². The first-order chi connectivity index (χ1) is 17.8. The number of carbonyl (C=O) groups excluding carboxylic acids is 2. The first-order valence-electron chi connectivity index (χ1n) is 12.5. The van der Waals surface area contributed by atoms with Crippen LogP contribution in [0, 0.1) is 5.92 Å². The third-order valence-electron chi connectivity index (χ3n) is 7.99. The molecule has 3 aliphatic rings. The van der Waals surface area contributed by atoms with Gasteiger partial charge in [-0.15, -0.1) is 0 Å². The summed E-state index contributed by atoms with van der Waals surface area (Å²) in [6, 6.07) is 18.1. The van der Waals surface area contributed by atoms with E-state index in [0.29, 0.717) is 12.8 Å². The number of fused-ring (bicyclic) bond motifs is 5. The van der Waals surface area contributed by atoms with Gasteiger partial charge in [0.25, 0.3) is 0 Å². The zero-order valence-electron chi connectivity index (χ0n) is 19.9. The van der Waals surface area contributed by atoms with Gasteiger partial charge in [-0.3, -0.25) is 9.78 Å². The highest BCUT2D eigenvalue weighted by atomic mass is 19.4. The Morgan fingerprint density at radius 1 is 0.892 bits per heavy atom. The van der Waals surface area contributed by atoms with Crippen LogP contribution in [0.3, 0.4) is 0 Å². The summed E-state index contributed by atoms with van der Waals surface area (Å²) in [5.74, 6) is -0.598. The van der Waals surface area contributed by atoms with Gasteiger partial charge in [0.15, 0.2) is 5.78 Å². The van der Waals surface area contributed by atoms with Gasteiger partial charge in [0.05, 0.1) is 0 Å². The molecule has 2 atom stereocenters. The van der Waals surface area contributed by atoms with E-state index in [1.54, 1.807) is 4.90 Å². The second-order valence-corrected chi connectivity index (χ2v) is 10.1. The Morgan fingerprint density at radius 2 is 1.49 bits per heavy atom. The van der Waals surface area contributed by atoms with Crippen LogP contribution in [0.5, 0.6) is 0 Å². The standard InChI is InChI=1S/C29H25F3N2O3/c30-29(31,32)26-12-9-17(15-33-26)27(35)18-13-19-10-11-20(14-18)34(19)28(36)37-16-25-23-7-3-1-5-21(23)22-6-2-4-8-24(22)25/h1-9,12,15,18-20,25H,10-11,13-14,16H2. The molecule has 1 aromatic heterocycles. The van der Waals surface area contributed by atoms with Crippen LogP contribution in [0.2, 0.25) is 0 Å². The number of benzene rings is 2. The Hall–Kier alpha value is -3.68. The van der Waals surface area contributed by atoms with E-state index in [2.05, 4.69) is 29.2 Å². The highest BCUT2D eigenvalue weighted by molar-refractivity contribution is 5.97. The fourth-order valence-electron chi connectivity index (χ4n) is 6.30. The molecule has 1 aliphatic carbocycles. The number of ketones is 1. The van der Waals surface area contributed by atoms with Crippen molar-refractivity contribution < 1.29 is 27.5 Å². The second kappa shape index (κ2) is 9.01. The molecule has 2 unspecified atom stereocenters. The zero-order valence-corrected chi connectivity index (χ0v) is 19.9. The molecular weight excluding hydrogens is 481 g/mol. The second-order valence-electron chi connectivity index (χ2n) is 10.1. The topological polar surface area (TPSA) is 59.5 Å². The molecule has 1 amide bonds. The van der Waals surface area contributed by atoms with E-state index < -0.39 is 11.9 Å². The summed E-state index contributed by atoms with van der Waals surface area (Å²) in [5, 5.41) is 0. The molecule has 2 aromatic carbocycles. The quantitative estimate of drug-likeness (QED) is 0.380. The summed E-state index contributed by atoms with van der Waals surface area (Å²) in [7, 11) is 0. The molecular formula is C29H25F3N2O3. The number of hydrogen-bond donors (Lipinski definition) is 0. The van der Waals surface area contributed by atoms with E-state index in [-0.39, 0.29) is 48.0 Å². The smallest absolute Gasteiger partial charge is 0.433 e. The summed E-state index contributed by atoms with van der Waals surface area (Å²) in [6.07, 6.45) is -1.40. The summed E-state index contributed by atoms with van der Waals surface area (Å²) in [6.45, 7) is 0.238. The molecule has 0 radical (unpaired) electrons. The monoisotopic (exact) mass is 506 g/mol. The number of halogens is 3. The molecule has 37 heavy (non-hydrogen) atoms. The van der Waals surface area contributed by atoms with Crippen LogP contribution in [-0.2, 0) is 10.9 Å². The van der Waals surface area contributed by atoms with Crippen LogP contribution < -0.4 is 0 Å². The number of rotatable bonds is 4. The minimum Gasteiger partial charge on any atom is -0.448 e. The van der Waals surface area contributed by atoms with Gasteiger partial charge in [-0.25, -0.2) is 4.79 Å². The Labute approximate surface area is 212 Å². The first-order valence-corrected chi connectivity index (χ1v) is 12.5. The number of carbonyl (C=O) groups is 2. The number of aromatic nitrogens is 1. The Morgan fingerprint density at radius 3 is 2.03 bits per heavy atom. The van der Waals surface area contributed by atoms with E-state index in [4.69, 9.17) is 4.74 Å². The van der Waals surface area contributed by atoms with Crippen molar-refractivity contribution in [1.82, 2.24) is 9.88 Å². The van der Waals surface area contributed by atoms with Gasteiger partial charge in [-0.1, -0.05) is 48.5 Å². The van der Waals surface area contributed by atoms with E-state index in [1.165, 1.54) is 6.07 Å². The SMILES string of the molecule is O=C(c1ccc(C(F)(F)F)nc1)C1CC2CCC(C1)N2C(=O)OCC1c2ccccc2-c2ccccc21. The first kappa shape index (κ1) is 23.7. The fraction of sp³-hybridized carbons (Fsp3) is 0.345. The van der Waals surface area contributed by atoms with Crippen LogP contribution in [0.1, 0.15) is 58.8 Å². The minimum atomic E-state index is -4.55. The van der Waals surface area contributed by atoms with Crippen molar-refractivity contribution in [3.05, 3.63) is 89.2 Å². The lowest BCUT2D eigenvalue weighted by Crippen LogP contribution is -2.48. The van der Waals surface area contributed by atoms with Crippen molar-refractivity contribution >= 4 is 11.9 Å². The number of hydrogen-bond acceptors (Lipinski definition) is 4. The summed E-state index contributed by atoms with van der Waals surface area (Å²) >= 11 is 0. The maximum absolute atomic E-state index is 13.2. The molecule has 0 spiro atoms. The lowest BCUT2D eigenvalue weighted by atomic mass is 9.85. The third-order valence-corrected chi connectivity index (χ3v) is 7.99. The van der Waals surface area contributed by atoms with Crippen molar-refractivity contribution in [2.75, 3.05) is 6.61 Å². The van der Waals surface area contributed by atoms with Gasteiger partial charge in [0, 0.05) is 35.7 Å². The van der Waals surface area contributed by atoms with Crippen LogP contribution in [0.4, 0.5) is 18.0 Å². The van der Waals surface area contributed by atoms with Gasteiger partial charge in [0.2, 0.25) is 0 Å². The number of ether oxygens (including phenoxy) is 1. The molecule has 5 nitrogen and oxygen atoms in total. The number of piperidine rings is 1. The number of nitrogens with zero attached hydrogens (tertiary/aromatic N) is 2. The predicted octanol–water partition coefficient (Wildman–Crippen LogP) is 6.48. The van der Waals surface area contributed by atoms with Crippen molar-refractivity contribution in [1.29, 1.82) is 0 Å². The summed E-state index contributed by atoms with van der Waals surface area (Å²) < 4.78 is 44.3. The number of amides is 1. The van der Waals surface area contributed by atoms with Crippen molar-refractivity contribution in [3.63, 3.8) is 0 Å². The van der Waals surface area contributed by atoms with Crippen molar-refractivity contribution in [3.8, 4) is 11.1 Å². The molecule has 190 valence electrons. The van der Waals surface area contributed by atoms with E-state index in [1.807, 2.05) is 24.3 Å². The minimum absolute atomic E-state index is 0.0275. The summed E-state index contributed by atoms with van der Waals surface area (Å²) in [4.78, 5) is 31.5. The Bertz CT molecular complexity index is 1300. The van der Waals surface area contributed by atoms with Gasteiger partial charge < -0.3 is 9.64 Å². The zero-order chi connectivity index (χ0) is 25.7. The molecule has 6 rings (SSSR count). The maximum atomic E-state index is 13.2. The van der Waals surface area contributed by atoms with Crippen LogP contribution in [-0.4, -0.2) is 40.5 Å². The van der Waals surface area contributed by atoms with Gasteiger partial charge in [0.1, 0.15) is 12.3 Å². The predicted molar refractivity (Wildman–Crippen MR) is 130 cm³/mol. The highest BCUT2D eigenvalue weighted by Gasteiger charge is 2.46. The third kappa shape index (κ3) is 4.18. The molecule has 2 saturated heterocycles. The largest absolute Gasteiger partial charge is 0.448 e. The molecule has 8 heteroatoms. The van der Waals surface area contributed by atoms with Crippen LogP contribution >= 0.6 is 0 Å². The molecule has 2 bridgehead atoms. The molecule has 0 saturated carbocycles. The molecule has 3 aromatic rings. The Balaban J connectivity index is 1.12. The average Bonchev–Trinajstić information content (AvgIpc) is 3.37. The van der Waals surface area contributed by atoms with Crippen molar-refractivity contribution in [2.45, 2.75) is 49.9 Å². The fourth-order valence-corrected chi connectivity index (χ4v) is 6.30. The van der Waals surface area contributed by atoms with Gasteiger partial charge >= 0.3 is 12.3 Å². The van der Waals surface area contributed by atoms with Crippen LogP contribution in [0.15, 0.2) is 66.9 Å². The van der Waals surface area contributed by atoms with E-state index >= 15 is 0 Å². The van der Waals surface area contributed by atoms with Gasteiger partial charge in [-0.05, 0) is 60.1 Å². The van der Waals surface area contributed by atoms with Gasteiger partial charge in [-0.2, -0.15) is 13.2 Å². The molecule has 2 aliphatic heterocycles. The van der Waals surface area contributed by atoms with E-state index in [9.17, 15) is 22.8 Å². The number of alkyl halides is 3. The Kier molecular flexibility index (Phi) is 5.77. The number of Topliss-reactive ketones (excluding diaryl/α,β-unsaturated/α-hetero) is 1. The average molecular weight is 507 g/mol. The summed E-state index contributed by atoms with van der Waals surface area (Å²) in [5.41, 5.74) is 3.77. The number of pyridine rings is 1. The molecule has 0 N–H and O–H groups in total. The van der Waals surface area contributed by atoms with Crippen molar-refractivity contribution in [2.24, 2.45) is 5.92 Å². The normalized spacial score (nSPS) is 22.5. The molecule has 3 heterocycles. The lowest BCUT2D eigenvalue weighted by Gasteiger charge is -2.37. The molecule has 2 fully saturated rings. The lowest BCUT2D eigenvalue weighted by molar-refractivity contribution is -0.141. The highest BCUT2D eigenvalue weighted by Crippen LogP contribution is 2.45.